The van der Waals surface area contributed by atoms with Crippen LogP contribution in [0.1, 0.15) is 29.7 Å². The van der Waals surface area contributed by atoms with Crippen molar-refractivity contribution in [3.05, 3.63) is 65.2 Å². The predicted octanol–water partition coefficient (Wildman–Crippen LogP) is 4.04. The Morgan fingerprint density at radius 2 is 1.83 bits per heavy atom. The number of nitriles is 1. The number of hydrogen-bond donors (Lipinski definition) is 1. The minimum atomic E-state index is 0.181. The number of aryl methyl sites for hydroxylation is 1. The fourth-order valence-electron chi connectivity index (χ4n) is 1.93. The van der Waals surface area contributed by atoms with Gasteiger partial charge in [0, 0.05) is 6.04 Å². The first-order valence-corrected chi connectivity index (χ1v) is 6.03. The standard InChI is InChI=1S/C16H16N2/c1-12-8-9-16(15(10-12)11-17)18-13(2)14-6-4-3-5-7-14/h3-10,13,18H,1-2H3. The maximum atomic E-state index is 9.14. The molecule has 0 saturated carbocycles. The lowest BCUT2D eigenvalue weighted by atomic mass is 10.1. The highest BCUT2D eigenvalue weighted by atomic mass is 14.9. The van der Waals surface area contributed by atoms with Crippen molar-refractivity contribution in [2.24, 2.45) is 0 Å². The highest BCUT2D eigenvalue weighted by Gasteiger charge is 2.07. The Hall–Kier alpha value is -2.27. The number of rotatable bonds is 3. The average Bonchev–Trinajstić information content (AvgIpc) is 2.41. The summed E-state index contributed by atoms with van der Waals surface area (Å²) in [6, 6.07) is 18.5. The van der Waals surface area contributed by atoms with E-state index in [1.165, 1.54) is 5.56 Å². The van der Waals surface area contributed by atoms with Gasteiger partial charge in [-0.15, -0.1) is 0 Å². The van der Waals surface area contributed by atoms with Gasteiger partial charge in [-0.2, -0.15) is 5.26 Å². The second kappa shape index (κ2) is 5.37. The van der Waals surface area contributed by atoms with Gasteiger partial charge in [0.2, 0.25) is 0 Å². The topological polar surface area (TPSA) is 35.8 Å². The molecule has 0 bridgehead atoms. The molecule has 0 radical (unpaired) electrons. The Labute approximate surface area is 108 Å². The molecule has 0 heterocycles. The molecule has 1 N–H and O–H groups in total. The quantitative estimate of drug-likeness (QED) is 0.873. The Morgan fingerprint density at radius 1 is 1.11 bits per heavy atom. The van der Waals surface area contributed by atoms with Crippen molar-refractivity contribution in [3.8, 4) is 6.07 Å². The zero-order chi connectivity index (χ0) is 13.0. The molecule has 2 aromatic carbocycles. The molecule has 0 aromatic heterocycles. The van der Waals surface area contributed by atoms with Crippen LogP contribution in [0.4, 0.5) is 5.69 Å². The van der Waals surface area contributed by atoms with E-state index < -0.39 is 0 Å². The smallest absolute Gasteiger partial charge is 0.101 e. The van der Waals surface area contributed by atoms with Gasteiger partial charge in [0.15, 0.2) is 0 Å². The molecule has 18 heavy (non-hydrogen) atoms. The largest absolute Gasteiger partial charge is 0.377 e. The highest BCUT2D eigenvalue weighted by molar-refractivity contribution is 5.59. The summed E-state index contributed by atoms with van der Waals surface area (Å²) in [5.41, 5.74) is 3.89. The van der Waals surface area contributed by atoms with Crippen molar-refractivity contribution in [1.82, 2.24) is 0 Å². The van der Waals surface area contributed by atoms with Crippen LogP contribution in [0.2, 0.25) is 0 Å². The summed E-state index contributed by atoms with van der Waals surface area (Å²) >= 11 is 0. The van der Waals surface area contributed by atoms with E-state index in [2.05, 4.69) is 30.4 Å². The molecule has 0 amide bonds. The molecule has 0 aliphatic rings. The molecule has 2 heteroatoms. The van der Waals surface area contributed by atoms with Gasteiger partial charge in [-0.3, -0.25) is 0 Å². The maximum Gasteiger partial charge on any atom is 0.101 e. The lowest BCUT2D eigenvalue weighted by molar-refractivity contribution is 0.884. The van der Waals surface area contributed by atoms with E-state index in [1.807, 2.05) is 43.3 Å². The van der Waals surface area contributed by atoms with E-state index in [0.717, 1.165) is 11.3 Å². The Bertz CT molecular complexity index is 567. The van der Waals surface area contributed by atoms with Gasteiger partial charge in [-0.25, -0.2) is 0 Å². The molecular formula is C16H16N2. The van der Waals surface area contributed by atoms with Crippen molar-refractivity contribution >= 4 is 5.69 Å². The maximum absolute atomic E-state index is 9.14. The molecule has 0 aliphatic heterocycles. The van der Waals surface area contributed by atoms with E-state index in [4.69, 9.17) is 5.26 Å². The van der Waals surface area contributed by atoms with Gasteiger partial charge < -0.3 is 5.32 Å². The molecule has 90 valence electrons. The van der Waals surface area contributed by atoms with Crippen molar-refractivity contribution in [2.45, 2.75) is 19.9 Å². The van der Waals surface area contributed by atoms with E-state index in [0.29, 0.717) is 5.56 Å². The normalized spacial score (nSPS) is 11.6. The second-order valence-corrected chi connectivity index (χ2v) is 4.44. The highest BCUT2D eigenvalue weighted by Crippen LogP contribution is 2.22. The van der Waals surface area contributed by atoms with Crippen LogP contribution < -0.4 is 5.32 Å². The summed E-state index contributed by atoms with van der Waals surface area (Å²) in [6.45, 7) is 4.08. The molecular weight excluding hydrogens is 220 g/mol. The van der Waals surface area contributed by atoms with Crippen molar-refractivity contribution in [3.63, 3.8) is 0 Å². The number of nitrogens with zero attached hydrogens (tertiary/aromatic N) is 1. The van der Waals surface area contributed by atoms with E-state index in [-0.39, 0.29) is 6.04 Å². The lowest BCUT2D eigenvalue weighted by Gasteiger charge is -2.16. The first kappa shape index (κ1) is 12.2. The first-order valence-electron chi connectivity index (χ1n) is 6.03. The summed E-state index contributed by atoms with van der Waals surface area (Å²) in [4.78, 5) is 0. The lowest BCUT2D eigenvalue weighted by Crippen LogP contribution is -2.07. The van der Waals surface area contributed by atoms with Crippen LogP contribution in [0.15, 0.2) is 48.5 Å². The summed E-state index contributed by atoms with van der Waals surface area (Å²) in [5.74, 6) is 0. The Balaban J connectivity index is 2.22. The molecule has 0 aliphatic carbocycles. The third-order valence-electron chi connectivity index (χ3n) is 2.97. The number of benzene rings is 2. The van der Waals surface area contributed by atoms with E-state index in [1.54, 1.807) is 0 Å². The predicted molar refractivity (Wildman–Crippen MR) is 74.4 cm³/mol. The van der Waals surface area contributed by atoms with Crippen LogP contribution in [-0.2, 0) is 0 Å². The van der Waals surface area contributed by atoms with Gasteiger partial charge in [-0.05, 0) is 37.1 Å². The van der Waals surface area contributed by atoms with Gasteiger partial charge >= 0.3 is 0 Å². The number of anilines is 1. The SMILES string of the molecule is Cc1ccc(NC(C)c2ccccc2)c(C#N)c1. The van der Waals surface area contributed by atoms with Crippen LogP contribution in [0.5, 0.6) is 0 Å². The minimum absolute atomic E-state index is 0.181. The molecule has 0 fully saturated rings. The first-order chi connectivity index (χ1) is 8.70. The molecule has 0 saturated heterocycles. The second-order valence-electron chi connectivity index (χ2n) is 4.44. The third kappa shape index (κ3) is 2.70. The average molecular weight is 236 g/mol. The van der Waals surface area contributed by atoms with Crippen LogP contribution in [0, 0.1) is 18.3 Å². The van der Waals surface area contributed by atoms with Crippen LogP contribution in [0.3, 0.4) is 0 Å². The fraction of sp³-hybridized carbons (Fsp3) is 0.188. The molecule has 2 nitrogen and oxygen atoms in total. The van der Waals surface area contributed by atoms with Crippen LogP contribution in [0.25, 0.3) is 0 Å². The van der Waals surface area contributed by atoms with Crippen molar-refractivity contribution in [1.29, 1.82) is 5.26 Å². The fourth-order valence-corrected chi connectivity index (χ4v) is 1.93. The Morgan fingerprint density at radius 3 is 2.50 bits per heavy atom. The molecule has 2 aromatic rings. The summed E-state index contributed by atoms with van der Waals surface area (Å²) in [6.07, 6.45) is 0. The van der Waals surface area contributed by atoms with Crippen molar-refractivity contribution in [2.75, 3.05) is 5.32 Å². The van der Waals surface area contributed by atoms with Gasteiger partial charge in [0.25, 0.3) is 0 Å². The van der Waals surface area contributed by atoms with Gasteiger partial charge in [0.1, 0.15) is 6.07 Å². The monoisotopic (exact) mass is 236 g/mol. The molecule has 1 unspecified atom stereocenters. The van der Waals surface area contributed by atoms with Crippen LogP contribution >= 0.6 is 0 Å². The molecule has 1 atom stereocenters. The zero-order valence-corrected chi connectivity index (χ0v) is 10.6. The Kier molecular flexibility index (Phi) is 3.64. The summed E-state index contributed by atoms with van der Waals surface area (Å²) in [7, 11) is 0. The van der Waals surface area contributed by atoms with Crippen LogP contribution in [-0.4, -0.2) is 0 Å². The van der Waals surface area contributed by atoms with Crippen molar-refractivity contribution < 1.29 is 0 Å². The van der Waals surface area contributed by atoms with E-state index in [9.17, 15) is 0 Å². The minimum Gasteiger partial charge on any atom is -0.377 e. The number of hydrogen-bond acceptors (Lipinski definition) is 2. The summed E-state index contributed by atoms with van der Waals surface area (Å²) in [5, 5.41) is 12.5. The zero-order valence-electron chi connectivity index (χ0n) is 10.6. The van der Waals surface area contributed by atoms with Gasteiger partial charge in [-0.1, -0.05) is 36.4 Å². The molecule has 0 spiro atoms. The van der Waals surface area contributed by atoms with Gasteiger partial charge in [0.05, 0.1) is 11.3 Å². The number of nitrogens with one attached hydrogen (secondary N) is 1. The third-order valence-corrected chi connectivity index (χ3v) is 2.97. The molecule has 2 rings (SSSR count). The summed E-state index contributed by atoms with van der Waals surface area (Å²) < 4.78 is 0. The van der Waals surface area contributed by atoms with E-state index >= 15 is 0 Å².